The van der Waals surface area contributed by atoms with Crippen LogP contribution in [0.2, 0.25) is 0 Å². The van der Waals surface area contributed by atoms with E-state index in [1.165, 1.54) is 0 Å². The SMILES string of the molecule is COc1ccc2[nH]c(C3=Nc4ccccc4C3=O)c(O)c2c1. The summed E-state index contributed by atoms with van der Waals surface area (Å²) in [6.45, 7) is 0. The van der Waals surface area contributed by atoms with E-state index in [0.29, 0.717) is 28.1 Å². The average molecular weight is 292 g/mol. The number of carbonyl (C=O) groups excluding carboxylic acids is 1. The van der Waals surface area contributed by atoms with Crippen molar-refractivity contribution in [2.24, 2.45) is 4.99 Å². The lowest BCUT2D eigenvalue weighted by Crippen LogP contribution is -2.11. The molecule has 0 atom stereocenters. The van der Waals surface area contributed by atoms with Crippen LogP contribution in [0.5, 0.6) is 11.5 Å². The van der Waals surface area contributed by atoms with Gasteiger partial charge in [0, 0.05) is 16.5 Å². The van der Waals surface area contributed by atoms with Gasteiger partial charge in [0.15, 0.2) is 5.75 Å². The number of hydrogen-bond acceptors (Lipinski definition) is 4. The number of rotatable bonds is 2. The number of para-hydroxylation sites is 1. The summed E-state index contributed by atoms with van der Waals surface area (Å²) in [7, 11) is 1.56. The third kappa shape index (κ3) is 1.65. The first-order valence-corrected chi connectivity index (χ1v) is 6.80. The summed E-state index contributed by atoms with van der Waals surface area (Å²) in [5, 5.41) is 11.0. The van der Waals surface area contributed by atoms with Gasteiger partial charge in [0.1, 0.15) is 17.2 Å². The Kier molecular flexibility index (Phi) is 2.56. The quantitative estimate of drug-likeness (QED) is 0.761. The number of carbonyl (C=O) groups is 1. The maximum absolute atomic E-state index is 12.5. The molecular weight excluding hydrogens is 280 g/mol. The molecule has 1 aromatic heterocycles. The van der Waals surface area contributed by atoms with Gasteiger partial charge in [-0.15, -0.1) is 0 Å². The predicted octanol–water partition coefficient (Wildman–Crippen LogP) is 3.20. The molecule has 5 nitrogen and oxygen atoms in total. The number of fused-ring (bicyclic) bond motifs is 2. The summed E-state index contributed by atoms with van der Waals surface area (Å²) in [6.07, 6.45) is 0. The normalized spacial score (nSPS) is 13.3. The number of aromatic nitrogens is 1. The number of aliphatic imine (C=N–C) groups is 1. The van der Waals surface area contributed by atoms with E-state index in [2.05, 4.69) is 9.98 Å². The standard InChI is InChI=1S/C17H12N2O3/c1-22-9-6-7-13-11(8-9)17(21)15(19-13)14-16(20)10-4-2-3-5-12(10)18-14/h2-8,19,21H,1H3. The fourth-order valence-electron chi connectivity index (χ4n) is 2.69. The fourth-order valence-corrected chi connectivity index (χ4v) is 2.69. The summed E-state index contributed by atoms with van der Waals surface area (Å²) >= 11 is 0. The van der Waals surface area contributed by atoms with E-state index in [0.717, 1.165) is 5.52 Å². The van der Waals surface area contributed by atoms with Crippen molar-refractivity contribution < 1.29 is 14.6 Å². The molecule has 0 aliphatic carbocycles. The van der Waals surface area contributed by atoms with Crippen molar-refractivity contribution in [3.63, 3.8) is 0 Å². The lowest BCUT2D eigenvalue weighted by Gasteiger charge is -1.98. The molecule has 4 rings (SSSR count). The van der Waals surface area contributed by atoms with Gasteiger partial charge >= 0.3 is 0 Å². The highest BCUT2D eigenvalue weighted by Gasteiger charge is 2.29. The van der Waals surface area contributed by atoms with E-state index in [9.17, 15) is 9.90 Å². The van der Waals surface area contributed by atoms with Crippen molar-refractivity contribution in [1.29, 1.82) is 0 Å². The molecule has 108 valence electrons. The van der Waals surface area contributed by atoms with Crippen LogP contribution in [0.25, 0.3) is 10.9 Å². The van der Waals surface area contributed by atoms with Gasteiger partial charge in [0.2, 0.25) is 5.78 Å². The summed E-state index contributed by atoms with van der Waals surface area (Å²) in [6, 6.07) is 12.4. The molecule has 0 spiro atoms. The fraction of sp³-hybridized carbons (Fsp3) is 0.0588. The van der Waals surface area contributed by atoms with Gasteiger partial charge in [-0.05, 0) is 30.3 Å². The third-order valence-corrected chi connectivity index (χ3v) is 3.81. The zero-order chi connectivity index (χ0) is 15.3. The second kappa shape index (κ2) is 4.46. The lowest BCUT2D eigenvalue weighted by molar-refractivity contribution is 0.107. The van der Waals surface area contributed by atoms with Crippen molar-refractivity contribution in [2.75, 3.05) is 7.11 Å². The smallest absolute Gasteiger partial charge is 0.215 e. The van der Waals surface area contributed by atoms with Crippen LogP contribution in [0.4, 0.5) is 5.69 Å². The van der Waals surface area contributed by atoms with Gasteiger partial charge in [-0.2, -0.15) is 0 Å². The number of hydrogen-bond donors (Lipinski definition) is 2. The van der Waals surface area contributed by atoms with Gasteiger partial charge in [-0.1, -0.05) is 12.1 Å². The van der Waals surface area contributed by atoms with Gasteiger partial charge in [0.05, 0.1) is 12.8 Å². The Morgan fingerprint density at radius 1 is 1.18 bits per heavy atom. The van der Waals surface area contributed by atoms with E-state index in [1.807, 2.05) is 6.07 Å². The van der Waals surface area contributed by atoms with Crippen LogP contribution in [0.3, 0.4) is 0 Å². The molecule has 2 heterocycles. The summed E-state index contributed by atoms with van der Waals surface area (Å²) in [5.74, 6) is 0.453. The number of aromatic hydroxyl groups is 1. The van der Waals surface area contributed by atoms with Crippen LogP contribution in [-0.2, 0) is 0 Å². The van der Waals surface area contributed by atoms with Gasteiger partial charge in [-0.3, -0.25) is 4.79 Å². The highest BCUT2D eigenvalue weighted by Crippen LogP contribution is 2.36. The van der Waals surface area contributed by atoms with E-state index in [-0.39, 0.29) is 17.2 Å². The van der Waals surface area contributed by atoms with Crippen LogP contribution in [0.15, 0.2) is 47.5 Å². The first-order chi connectivity index (χ1) is 10.7. The number of nitrogens with zero attached hydrogens (tertiary/aromatic N) is 1. The van der Waals surface area contributed by atoms with Crippen molar-refractivity contribution in [2.45, 2.75) is 0 Å². The first kappa shape index (κ1) is 12.6. The van der Waals surface area contributed by atoms with Gasteiger partial charge in [-0.25, -0.2) is 4.99 Å². The third-order valence-electron chi connectivity index (χ3n) is 3.81. The molecule has 2 aromatic carbocycles. The number of methoxy groups -OCH3 is 1. The lowest BCUT2D eigenvalue weighted by atomic mass is 10.1. The minimum atomic E-state index is -0.190. The zero-order valence-electron chi connectivity index (χ0n) is 11.8. The van der Waals surface area contributed by atoms with Gasteiger partial charge < -0.3 is 14.8 Å². The molecule has 22 heavy (non-hydrogen) atoms. The largest absolute Gasteiger partial charge is 0.505 e. The molecule has 0 bridgehead atoms. The monoisotopic (exact) mass is 292 g/mol. The van der Waals surface area contributed by atoms with E-state index in [4.69, 9.17) is 4.74 Å². The number of H-pyrrole nitrogens is 1. The first-order valence-electron chi connectivity index (χ1n) is 6.80. The van der Waals surface area contributed by atoms with E-state index < -0.39 is 0 Å². The van der Waals surface area contributed by atoms with Crippen LogP contribution in [-0.4, -0.2) is 28.7 Å². The van der Waals surface area contributed by atoms with Crippen molar-refractivity contribution in [3.8, 4) is 11.5 Å². The summed E-state index contributed by atoms with van der Waals surface area (Å²) < 4.78 is 5.16. The zero-order valence-corrected chi connectivity index (χ0v) is 11.8. The van der Waals surface area contributed by atoms with Gasteiger partial charge in [0.25, 0.3) is 0 Å². The number of Topliss-reactive ketones (excluding diaryl/α,β-unsaturated/α-hetero) is 1. The molecule has 1 aliphatic rings. The Morgan fingerprint density at radius 2 is 2.00 bits per heavy atom. The Hall–Kier alpha value is -3.08. The molecule has 0 saturated carbocycles. The average Bonchev–Trinajstić information content (AvgIpc) is 3.05. The van der Waals surface area contributed by atoms with Crippen molar-refractivity contribution >= 4 is 28.1 Å². The molecule has 5 heteroatoms. The Balaban J connectivity index is 1.90. The second-order valence-corrected chi connectivity index (χ2v) is 5.07. The second-order valence-electron chi connectivity index (χ2n) is 5.07. The molecule has 0 amide bonds. The molecule has 0 saturated heterocycles. The van der Waals surface area contributed by atoms with Crippen molar-refractivity contribution in [3.05, 3.63) is 53.7 Å². The number of ether oxygens (including phenoxy) is 1. The van der Waals surface area contributed by atoms with E-state index in [1.54, 1.807) is 43.5 Å². The summed E-state index contributed by atoms with van der Waals surface area (Å²) in [5.41, 5.74) is 2.46. The highest BCUT2D eigenvalue weighted by atomic mass is 16.5. The predicted molar refractivity (Wildman–Crippen MR) is 83.5 cm³/mol. The molecule has 0 unspecified atom stereocenters. The number of nitrogens with one attached hydrogen (secondary N) is 1. The maximum Gasteiger partial charge on any atom is 0.215 e. The Morgan fingerprint density at radius 3 is 2.77 bits per heavy atom. The summed E-state index contributed by atoms with van der Waals surface area (Å²) in [4.78, 5) is 19.9. The Labute approximate surface area is 125 Å². The maximum atomic E-state index is 12.5. The van der Waals surface area contributed by atoms with Crippen LogP contribution in [0, 0.1) is 0 Å². The topological polar surface area (TPSA) is 74.7 Å². The van der Waals surface area contributed by atoms with Crippen LogP contribution in [0.1, 0.15) is 16.1 Å². The Bertz CT molecular complexity index is 954. The van der Waals surface area contributed by atoms with Crippen molar-refractivity contribution in [1.82, 2.24) is 4.98 Å². The molecule has 1 aliphatic heterocycles. The van der Waals surface area contributed by atoms with Crippen LogP contribution >= 0.6 is 0 Å². The van der Waals surface area contributed by atoms with Crippen LogP contribution < -0.4 is 4.74 Å². The molecule has 0 radical (unpaired) electrons. The molecular formula is C17H12N2O3. The molecule has 2 N–H and O–H groups in total. The molecule has 3 aromatic rings. The molecule has 0 fully saturated rings. The number of aromatic amines is 1. The highest BCUT2D eigenvalue weighted by molar-refractivity contribution is 6.55. The minimum Gasteiger partial charge on any atom is -0.505 e. The van der Waals surface area contributed by atoms with E-state index >= 15 is 0 Å². The number of ketones is 1. The number of benzene rings is 2. The minimum absolute atomic E-state index is 0.00815.